The summed E-state index contributed by atoms with van der Waals surface area (Å²) in [6.07, 6.45) is 1.50. The average molecular weight is 357 g/mol. The molecule has 0 saturated carbocycles. The number of rotatable bonds is 4. The first kappa shape index (κ1) is 17.0. The molecule has 134 valence electrons. The van der Waals surface area contributed by atoms with Crippen LogP contribution in [-0.4, -0.2) is 14.5 Å². The van der Waals surface area contributed by atoms with Gasteiger partial charge in [0.2, 0.25) is 0 Å². The lowest BCUT2D eigenvalue weighted by Gasteiger charge is -2.12. The van der Waals surface area contributed by atoms with Crippen molar-refractivity contribution in [2.45, 2.75) is 20.4 Å². The van der Waals surface area contributed by atoms with E-state index in [1.54, 1.807) is 4.57 Å². The van der Waals surface area contributed by atoms with Crippen LogP contribution in [0.4, 0.5) is 0 Å². The first-order chi connectivity index (χ1) is 13.2. The molecule has 4 aromatic rings. The van der Waals surface area contributed by atoms with Crippen molar-refractivity contribution < 1.29 is 4.74 Å². The second-order valence-corrected chi connectivity index (χ2v) is 6.24. The van der Waals surface area contributed by atoms with E-state index in [9.17, 15) is 4.79 Å². The molecule has 0 spiro atoms. The van der Waals surface area contributed by atoms with Crippen LogP contribution in [0.15, 0.2) is 71.8 Å². The largest absolute Gasteiger partial charge is 0.457 e. The lowest BCUT2D eigenvalue weighted by molar-refractivity contribution is 0.483. The van der Waals surface area contributed by atoms with E-state index in [-0.39, 0.29) is 5.56 Å². The Morgan fingerprint density at radius 2 is 1.67 bits per heavy atom. The van der Waals surface area contributed by atoms with Crippen LogP contribution in [0.1, 0.15) is 12.6 Å². The van der Waals surface area contributed by atoms with E-state index in [4.69, 9.17) is 4.74 Å². The molecular formula is C22H19N3O2. The molecule has 0 unspecified atom stereocenters. The van der Waals surface area contributed by atoms with Gasteiger partial charge in [-0.3, -0.25) is 9.36 Å². The van der Waals surface area contributed by atoms with Crippen molar-refractivity contribution in [3.8, 4) is 22.6 Å². The Balaban J connectivity index is 1.77. The van der Waals surface area contributed by atoms with Crippen LogP contribution in [0.3, 0.4) is 0 Å². The fourth-order valence-electron chi connectivity index (χ4n) is 3.13. The molecule has 0 saturated heterocycles. The van der Waals surface area contributed by atoms with E-state index in [0.29, 0.717) is 17.8 Å². The molecule has 0 bridgehead atoms. The van der Waals surface area contributed by atoms with E-state index in [0.717, 1.165) is 28.1 Å². The lowest BCUT2D eigenvalue weighted by Crippen LogP contribution is -2.22. The summed E-state index contributed by atoms with van der Waals surface area (Å²) < 4.78 is 7.52. The van der Waals surface area contributed by atoms with Gasteiger partial charge in [-0.2, -0.15) is 0 Å². The minimum atomic E-state index is -0.0557. The molecule has 0 fully saturated rings. The summed E-state index contributed by atoms with van der Waals surface area (Å²) in [6, 6.07) is 19.0. The van der Waals surface area contributed by atoms with E-state index in [1.807, 2.05) is 74.5 Å². The highest BCUT2D eigenvalue weighted by Crippen LogP contribution is 2.26. The number of nitrogens with zero attached hydrogens (tertiary/aromatic N) is 3. The Morgan fingerprint density at radius 1 is 0.963 bits per heavy atom. The molecule has 0 aliphatic rings. The zero-order valence-corrected chi connectivity index (χ0v) is 15.2. The van der Waals surface area contributed by atoms with Gasteiger partial charge in [0, 0.05) is 17.5 Å². The highest BCUT2D eigenvalue weighted by Gasteiger charge is 2.13. The zero-order chi connectivity index (χ0) is 18.8. The smallest absolute Gasteiger partial charge is 0.260 e. The van der Waals surface area contributed by atoms with Crippen molar-refractivity contribution >= 4 is 11.0 Å². The molecule has 0 aliphatic heterocycles. The minimum Gasteiger partial charge on any atom is -0.457 e. The van der Waals surface area contributed by atoms with E-state index in [2.05, 4.69) is 9.97 Å². The Morgan fingerprint density at radius 3 is 2.37 bits per heavy atom. The molecule has 0 radical (unpaired) electrons. The summed E-state index contributed by atoms with van der Waals surface area (Å²) in [6.45, 7) is 4.42. The molecule has 0 amide bonds. The molecule has 2 aromatic carbocycles. The number of hydrogen-bond donors (Lipinski definition) is 0. The van der Waals surface area contributed by atoms with Crippen LogP contribution in [0, 0.1) is 6.92 Å². The molecule has 0 atom stereocenters. The number of benzene rings is 2. The third-order valence-corrected chi connectivity index (χ3v) is 4.54. The van der Waals surface area contributed by atoms with Crippen LogP contribution in [0.5, 0.6) is 11.5 Å². The van der Waals surface area contributed by atoms with Crippen molar-refractivity contribution in [2.24, 2.45) is 0 Å². The Bertz CT molecular complexity index is 1150. The van der Waals surface area contributed by atoms with Gasteiger partial charge in [-0.25, -0.2) is 9.97 Å². The first-order valence-corrected chi connectivity index (χ1v) is 8.86. The molecule has 27 heavy (non-hydrogen) atoms. The maximum Gasteiger partial charge on any atom is 0.260 e. The molecule has 0 aliphatic carbocycles. The van der Waals surface area contributed by atoms with E-state index in [1.165, 1.54) is 6.33 Å². The Kier molecular flexibility index (Phi) is 4.42. The summed E-state index contributed by atoms with van der Waals surface area (Å²) in [5, 5.41) is 0.888. The van der Waals surface area contributed by atoms with Crippen LogP contribution in [0.2, 0.25) is 0 Å². The molecule has 2 aromatic heterocycles. The van der Waals surface area contributed by atoms with Crippen molar-refractivity contribution in [1.29, 1.82) is 0 Å². The fourth-order valence-corrected chi connectivity index (χ4v) is 3.13. The van der Waals surface area contributed by atoms with E-state index < -0.39 is 0 Å². The van der Waals surface area contributed by atoms with Crippen molar-refractivity contribution in [1.82, 2.24) is 14.5 Å². The number of aromatic nitrogens is 3. The van der Waals surface area contributed by atoms with Crippen molar-refractivity contribution in [2.75, 3.05) is 0 Å². The summed E-state index contributed by atoms with van der Waals surface area (Å²) in [4.78, 5) is 21.5. The molecule has 0 N–H and O–H groups in total. The van der Waals surface area contributed by atoms with Crippen molar-refractivity contribution in [3.63, 3.8) is 0 Å². The van der Waals surface area contributed by atoms with Gasteiger partial charge in [-0.05, 0) is 49.7 Å². The number of para-hydroxylation sites is 1. The SMILES string of the molecule is CCn1c(=O)c(-c2ccc(Oc3ccccc3)cc2)cc2c(C)ncnc21. The van der Waals surface area contributed by atoms with Crippen LogP contribution in [0.25, 0.3) is 22.2 Å². The van der Waals surface area contributed by atoms with Crippen molar-refractivity contribution in [3.05, 3.63) is 83.0 Å². The van der Waals surface area contributed by atoms with Gasteiger partial charge in [0.05, 0.1) is 5.69 Å². The third-order valence-electron chi connectivity index (χ3n) is 4.54. The second-order valence-electron chi connectivity index (χ2n) is 6.24. The standard InChI is InChI=1S/C22H19N3O2/c1-3-25-21-19(15(2)23-14-24-21)13-20(22(25)26)16-9-11-18(12-10-16)27-17-7-5-4-6-8-17/h4-14H,3H2,1-2H3. The quantitative estimate of drug-likeness (QED) is 0.536. The zero-order valence-electron chi connectivity index (χ0n) is 15.2. The number of pyridine rings is 1. The van der Waals surface area contributed by atoms with Gasteiger partial charge in [0.1, 0.15) is 23.5 Å². The summed E-state index contributed by atoms with van der Waals surface area (Å²) >= 11 is 0. The average Bonchev–Trinajstić information content (AvgIpc) is 2.69. The van der Waals surface area contributed by atoms with Crippen LogP contribution >= 0.6 is 0 Å². The monoisotopic (exact) mass is 357 g/mol. The molecular weight excluding hydrogens is 338 g/mol. The highest BCUT2D eigenvalue weighted by atomic mass is 16.5. The van der Waals surface area contributed by atoms with E-state index >= 15 is 0 Å². The number of aryl methyl sites for hydroxylation is 2. The predicted molar refractivity (Wildman–Crippen MR) is 106 cm³/mol. The van der Waals surface area contributed by atoms with Gasteiger partial charge in [-0.1, -0.05) is 30.3 Å². The Labute approximate surface area is 156 Å². The summed E-state index contributed by atoms with van der Waals surface area (Å²) in [5.41, 5.74) is 2.94. The molecule has 4 rings (SSSR count). The minimum absolute atomic E-state index is 0.0557. The molecule has 5 heteroatoms. The molecule has 2 heterocycles. The highest BCUT2D eigenvalue weighted by molar-refractivity contribution is 5.83. The van der Waals surface area contributed by atoms with Crippen LogP contribution in [-0.2, 0) is 6.54 Å². The van der Waals surface area contributed by atoms with Gasteiger partial charge in [0.25, 0.3) is 5.56 Å². The third kappa shape index (κ3) is 3.19. The van der Waals surface area contributed by atoms with Crippen LogP contribution < -0.4 is 10.3 Å². The molecule has 5 nitrogen and oxygen atoms in total. The summed E-state index contributed by atoms with van der Waals surface area (Å²) in [7, 11) is 0. The number of hydrogen-bond acceptors (Lipinski definition) is 4. The first-order valence-electron chi connectivity index (χ1n) is 8.86. The number of ether oxygens (including phenoxy) is 1. The Hall–Kier alpha value is -3.47. The fraction of sp³-hybridized carbons (Fsp3) is 0.136. The predicted octanol–water partition coefficient (Wildman–Crippen LogP) is 4.58. The van der Waals surface area contributed by atoms with Gasteiger partial charge in [-0.15, -0.1) is 0 Å². The van der Waals surface area contributed by atoms with Gasteiger partial charge in [0.15, 0.2) is 0 Å². The normalized spacial score (nSPS) is 10.9. The second kappa shape index (κ2) is 7.03. The van der Waals surface area contributed by atoms with Gasteiger partial charge >= 0.3 is 0 Å². The number of fused-ring (bicyclic) bond motifs is 1. The maximum atomic E-state index is 13.0. The lowest BCUT2D eigenvalue weighted by atomic mass is 10.0. The topological polar surface area (TPSA) is 57.0 Å². The summed E-state index contributed by atoms with van der Waals surface area (Å²) in [5.74, 6) is 1.50. The maximum absolute atomic E-state index is 13.0. The van der Waals surface area contributed by atoms with Gasteiger partial charge < -0.3 is 4.74 Å².